The number of ether oxygens (including phenoxy) is 3. The highest BCUT2D eigenvalue weighted by molar-refractivity contribution is 5.96. The van der Waals surface area contributed by atoms with E-state index in [2.05, 4.69) is 17.6 Å². The molecule has 0 aliphatic rings. The summed E-state index contributed by atoms with van der Waals surface area (Å²) in [6.45, 7) is 8.10. The molecule has 2 amide bonds. The third-order valence-electron chi connectivity index (χ3n) is 4.64. The van der Waals surface area contributed by atoms with E-state index in [0.29, 0.717) is 49.8 Å². The summed E-state index contributed by atoms with van der Waals surface area (Å²) >= 11 is 0. The van der Waals surface area contributed by atoms with Crippen LogP contribution >= 0.6 is 0 Å². The van der Waals surface area contributed by atoms with Crippen LogP contribution in [0, 0.1) is 0 Å². The zero-order chi connectivity index (χ0) is 23.2. The van der Waals surface area contributed by atoms with Crippen molar-refractivity contribution in [2.24, 2.45) is 0 Å². The molecule has 0 saturated heterocycles. The van der Waals surface area contributed by atoms with Gasteiger partial charge < -0.3 is 24.8 Å². The summed E-state index contributed by atoms with van der Waals surface area (Å²) < 4.78 is 16.8. The quantitative estimate of drug-likeness (QED) is 0.435. The van der Waals surface area contributed by atoms with Crippen molar-refractivity contribution in [3.05, 3.63) is 53.6 Å². The summed E-state index contributed by atoms with van der Waals surface area (Å²) in [7, 11) is 0. The van der Waals surface area contributed by atoms with E-state index in [9.17, 15) is 9.59 Å². The van der Waals surface area contributed by atoms with E-state index in [0.717, 1.165) is 24.2 Å². The van der Waals surface area contributed by atoms with Gasteiger partial charge in [0, 0.05) is 12.1 Å². The van der Waals surface area contributed by atoms with Gasteiger partial charge in [-0.1, -0.05) is 19.4 Å². The van der Waals surface area contributed by atoms with Gasteiger partial charge >= 0.3 is 0 Å². The van der Waals surface area contributed by atoms with Crippen LogP contribution in [0.1, 0.15) is 49.5 Å². The zero-order valence-electron chi connectivity index (χ0n) is 19.2. The minimum atomic E-state index is -0.298. The summed E-state index contributed by atoms with van der Waals surface area (Å²) in [6.07, 6.45) is 2.70. The van der Waals surface area contributed by atoms with Crippen LogP contribution in [0.15, 0.2) is 42.5 Å². The summed E-state index contributed by atoms with van der Waals surface area (Å²) in [5, 5.41) is 5.46. The molecule has 0 aliphatic heterocycles. The normalized spacial score (nSPS) is 10.3. The fourth-order valence-corrected chi connectivity index (χ4v) is 2.96. The van der Waals surface area contributed by atoms with E-state index in [1.807, 2.05) is 32.0 Å². The minimum absolute atomic E-state index is 0.0823. The molecule has 2 rings (SSSR count). The van der Waals surface area contributed by atoms with Gasteiger partial charge in [0.2, 0.25) is 5.91 Å². The lowest BCUT2D eigenvalue weighted by Crippen LogP contribution is -2.37. The number of rotatable bonds is 14. The van der Waals surface area contributed by atoms with E-state index in [1.165, 1.54) is 0 Å². The minimum Gasteiger partial charge on any atom is -0.494 e. The highest BCUT2D eigenvalue weighted by Gasteiger charge is 2.09. The number of nitrogens with one attached hydrogen (secondary N) is 2. The summed E-state index contributed by atoms with van der Waals surface area (Å²) in [4.78, 5) is 24.3. The van der Waals surface area contributed by atoms with Crippen molar-refractivity contribution >= 4 is 11.8 Å². The van der Waals surface area contributed by atoms with Gasteiger partial charge in [-0.2, -0.15) is 0 Å². The summed E-state index contributed by atoms with van der Waals surface area (Å²) in [5.74, 6) is 1.61. The highest BCUT2D eigenvalue weighted by atomic mass is 16.5. The number of benzene rings is 2. The van der Waals surface area contributed by atoms with Crippen molar-refractivity contribution in [3.63, 3.8) is 0 Å². The second-order valence-corrected chi connectivity index (χ2v) is 7.16. The smallest absolute Gasteiger partial charge is 0.251 e. The first-order valence-electron chi connectivity index (χ1n) is 11.2. The van der Waals surface area contributed by atoms with Gasteiger partial charge in [0.15, 0.2) is 11.5 Å². The van der Waals surface area contributed by atoms with Crippen molar-refractivity contribution < 1.29 is 23.8 Å². The first-order valence-corrected chi connectivity index (χ1v) is 11.2. The topological polar surface area (TPSA) is 85.9 Å². The monoisotopic (exact) mass is 442 g/mol. The molecule has 0 saturated carbocycles. The molecule has 174 valence electrons. The molecule has 0 heterocycles. The first-order chi connectivity index (χ1) is 15.6. The van der Waals surface area contributed by atoms with Gasteiger partial charge in [-0.15, -0.1) is 0 Å². The number of unbranched alkanes of at least 4 members (excludes halogenated alkanes) is 1. The zero-order valence-corrected chi connectivity index (χ0v) is 19.2. The second kappa shape index (κ2) is 14.0. The van der Waals surface area contributed by atoms with Crippen LogP contribution in [0.4, 0.5) is 0 Å². The molecular formula is C25H34N2O5. The lowest BCUT2D eigenvalue weighted by atomic mass is 10.1. The predicted molar refractivity (Wildman–Crippen MR) is 125 cm³/mol. The SMILES string of the molecule is CCCCOc1ccc(C(=O)NCC(=O)NCCc2ccc(OCC)c(OCC)c2)cc1. The van der Waals surface area contributed by atoms with Gasteiger partial charge in [0.1, 0.15) is 5.75 Å². The third kappa shape index (κ3) is 8.49. The standard InChI is InChI=1S/C25H34N2O5/c1-4-7-16-32-21-11-9-20(10-12-21)25(29)27-18-24(28)26-15-14-19-8-13-22(30-5-2)23(17-19)31-6-3/h8-13,17H,4-7,14-16,18H2,1-3H3,(H,26,28)(H,27,29). The van der Waals surface area contributed by atoms with Crippen molar-refractivity contribution in [2.75, 3.05) is 32.9 Å². The maximum atomic E-state index is 12.2. The van der Waals surface area contributed by atoms with Crippen LogP contribution in [0.3, 0.4) is 0 Å². The van der Waals surface area contributed by atoms with Gasteiger partial charge in [0.25, 0.3) is 5.91 Å². The molecule has 0 spiro atoms. The van der Waals surface area contributed by atoms with Gasteiger partial charge in [-0.05, 0) is 68.7 Å². The molecule has 7 nitrogen and oxygen atoms in total. The molecule has 32 heavy (non-hydrogen) atoms. The molecule has 2 aromatic carbocycles. The second-order valence-electron chi connectivity index (χ2n) is 7.16. The highest BCUT2D eigenvalue weighted by Crippen LogP contribution is 2.28. The Labute approximate surface area is 190 Å². The van der Waals surface area contributed by atoms with Crippen LogP contribution in [0.2, 0.25) is 0 Å². The molecule has 0 aromatic heterocycles. The Kier molecular flexibility index (Phi) is 10.9. The molecule has 0 aliphatic carbocycles. The third-order valence-corrected chi connectivity index (χ3v) is 4.64. The lowest BCUT2D eigenvalue weighted by molar-refractivity contribution is -0.120. The Bertz CT molecular complexity index is 852. The van der Waals surface area contributed by atoms with E-state index in [4.69, 9.17) is 14.2 Å². The Morgan fingerprint density at radius 3 is 2.25 bits per heavy atom. The van der Waals surface area contributed by atoms with Crippen LogP contribution in [-0.4, -0.2) is 44.7 Å². The summed E-state index contributed by atoms with van der Waals surface area (Å²) in [5.41, 5.74) is 1.51. The van der Waals surface area contributed by atoms with Crippen molar-refractivity contribution in [1.82, 2.24) is 10.6 Å². The van der Waals surface area contributed by atoms with E-state index in [1.54, 1.807) is 24.3 Å². The number of hydrogen-bond acceptors (Lipinski definition) is 5. The van der Waals surface area contributed by atoms with E-state index >= 15 is 0 Å². The fourth-order valence-electron chi connectivity index (χ4n) is 2.96. The van der Waals surface area contributed by atoms with Crippen molar-refractivity contribution in [2.45, 2.75) is 40.0 Å². The largest absolute Gasteiger partial charge is 0.494 e. The van der Waals surface area contributed by atoms with Crippen molar-refractivity contribution in [3.8, 4) is 17.2 Å². The Morgan fingerprint density at radius 1 is 0.844 bits per heavy atom. The fraction of sp³-hybridized carbons (Fsp3) is 0.440. The molecule has 0 unspecified atom stereocenters. The number of carbonyl (C=O) groups excluding carboxylic acids is 2. The summed E-state index contributed by atoms with van der Waals surface area (Å²) in [6, 6.07) is 12.7. The Balaban J connectivity index is 1.74. The van der Waals surface area contributed by atoms with Crippen LogP contribution in [-0.2, 0) is 11.2 Å². The number of hydrogen-bond donors (Lipinski definition) is 2. The maximum absolute atomic E-state index is 12.2. The number of amides is 2. The Hall–Kier alpha value is -3.22. The van der Waals surface area contributed by atoms with E-state index < -0.39 is 0 Å². The van der Waals surface area contributed by atoms with Crippen LogP contribution in [0.25, 0.3) is 0 Å². The predicted octanol–water partition coefficient (Wildman–Crippen LogP) is 3.75. The molecule has 0 fully saturated rings. The van der Waals surface area contributed by atoms with E-state index in [-0.39, 0.29) is 18.4 Å². The number of carbonyl (C=O) groups is 2. The molecule has 0 radical (unpaired) electrons. The average Bonchev–Trinajstić information content (AvgIpc) is 2.80. The molecule has 0 bridgehead atoms. The molecule has 2 N–H and O–H groups in total. The Morgan fingerprint density at radius 2 is 1.56 bits per heavy atom. The van der Waals surface area contributed by atoms with Gasteiger partial charge in [-0.25, -0.2) is 0 Å². The van der Waals surface area contributed by atoms with Gasteiger partial charge in [-0.3, -0.25) is 9.59 Å². The molecule has 2 aromatic rings. The molecule has 7 heteroatoms. The first kappa shape index (κ1) is 25.0. The maximum Gasteiger partial charge on any atom is 0.251 e. The lowest BCUT2D eigenvalue weighted by Gasteiger charge is -2.13. The molecular weight excluding hydrogens is 408 g/mol. The molecule has 0 atom stereocenters. The average molecular weight is 443 g/mol. The van der Waals surface area contributed by atoms with Crippen LogP contribution < -0.4 is 24.8 Å². The van der Waals surface area contributed by atoms with Gasteiger partial charge in [0.05, 0.1) is 26.4 Å². The van der Waals surface area contributed by atoms with Crippen molar-refractivity contribution in [1.29, 1.82) is 0 Å². The van der Waals surface area contributed by atoms with Crippen LogP contribution in [0.5, 0.6) is 17.2 Å².